The monoisotopic (exact) mass is 326 g/mol. The fourth-order valence-electron chi connectivity index (χ4n) is 2.26. The number of hydrogen-bond donors (Lipinski definition) is 0. The largest absolute Gasteiger partial charge is 0.335 e. The molecule has 5 nitrogen and oxygen atoms in total. The van der Waals surface area contributed by atoms with E-state index in [0.717, 1.165) is 22.8 Å². The molecule has 3 rings (SSSR count). The highest BCUT2D eigenvalue weighted by Crippen LogP contribution is 2.22. The average Bonchev–Trinajstić information content (AvgIpc) is 3.23. The first-order valence-corrected chi connectivity index (χ1v) is 8.33. The molecule has 0 fully saturated rings. The zero-order chi connectivity index (χ0) is 16.2. The second-order valence-corrected chi connectivity index (χ2v) is 6.18. The predicted octanol–water partition coefficient (Wildman–Crippen LogP) is 3.30. The minimum absolute atomic E-state index is 0.00107. The molecular formula is C17H18N4OS. The molecule has 2 heterocycles. The number of nitrogens with zero attached hydrogens (tertiary/aromatic N) is 4. The molecule has 0 saturated carbocycles. The molecule has 0 radical (unpaired) electrons. The van der Waals surface area contributed by atoms with Gasteiger partial charge in [-0.1, -0.05) is 18.2 Å². The third kappa shape index (κ3) is 3.48. The first-order valence-electron chi connectivity index (χ1n) is 7.45. The number of rotatable bonds is 5. The smallest absolute Gasteiger partial charge is 0.253 e. The molecule has 0 saturated heterocycles. The lowest BCUT2D eigenvalue weighted by Crippen LogP contribution is -2.26. The number of carbonyl (C=O) groups excluding carboxylic acids is 1. The molecule has 0 N–H and O–H groups in total. The molecule has 6 heteroatoms. The van der Waals surface area contributed by atoms with Crippen LogP contribution in [-0.2, 0) is 13.1 Å². The fourth-order valence-corrected chi connectivity index (χ4v) is 3.12. The lowest BCUT2D eigenvalue weighted by Gasteiger charge is -2.15. The molecule has 1 amide bonds. The number of benzene rings is 1. The summed E-state index contributed by atoms with van der Waals surface area (Å²) in [6, 6.07) is 9.29. The third-order valence-electron chi connectivity index (χ3n) is 3.54. The Morgan fingerprint density at radius 1 is 1.30 bits per heavy atom. The molecule has 0 spiro atoms. The van der Waals surface area contributed by atoms with Crippen LogP contribution in [-0.4, -0.2) is 32.6 Å². The molecule has 118 valence electrons. The van der Waals surface area contributed by atoms with Crippen LogP contribution in [0.2, 0.25) is 0 Å². The van der Waals surface area contributed by atoms with Crippen molar-refractivity contribution in [3.63, 3.8) is 0 Å². The summed E-state index contributed by atoms with van der Waals surface area (Å²) < 4.78 is 1.87. The van der Waals surface area contributed by atoms with Gasteiger partial charge in [0.25, 0.3) is 5.91 Å². The fraction of sp³-hybridized carbons (Fsp3) is 0.235. The maximum absolute atomic E-state index is 12.4. The SMILES string of the molecule is CCn1cc(-c2csc(CN(C)C(=O)c3ccccc3)n2)cn1. The molecule has 2 aromatic heterocycles. The van der Waals surface area contributed by atoms with Crippen LogP contribution in [0.4, 0.5) is 0 Å². The van der Waals surface area contributed by atoms with Crippen LogP contribution in [0.3, 0.4) is 0 Å². The zero-order valence-electron chi connectivity index (χ0n) is 13.1. The topological polar surface area (TPSA) is 51.0 Å². The van der Waals surface area contributed by atoms with E-state index >= 15 is 0 Å². The van der Waals surface area contributed by atoms with E-state index in [1.165, 1.54) is 0 Å². The quantitative estimate of drug-likeness (QED) is 0.723. The van der Waals surface area contributed by atoms with Crippen molar-refractivity contribution in [1.82, 2.24) is 19.7 Å². The first-order chi connectivity index (χ1) is 11.2. The van der Waals surface area contributed by atoms with Crippen molar-refractivity contribution in [2.45, 2.75) is 20.0 Å². The maximum Gasteiger partial charge on any atom is 0.253 e. The van der Waals surface area contributed by atoms with Crippen LogP contribution in [0.1, 0.15) is 22.3 Å². The Labute approximate surface area is 139 Å². The number of carbonyl (C=O) groups is 1. The summed E-state index contributed by atoms with van der Waals surface area (Å²) in [5.41, 5.74) is 2.60. The minimum Gasteiger partial charge on any atom is -0.335 e. The Kier molecular flexibility index (Phi) is 4.52. The Balaban J connectivity index is 1.70. The number of aromatic nitrogens is 3. The van der Waals surface area contributed by atoms with E-state index in [1.807, 2.05) is 59.7 Å². The van der Waals surface area contributed by atoms with E-state index < -0.39 is 0 Å². The highest BCUT2D eigenvalue weighted by Gasteiger charge is 2.14. The van der Waals surface area contributed by atoms with E-state index in [-0.39, 0.29) is 5.91 Å². The molecule has 0 aliphatic heterocycles. The molecule has 0 aliphatic carbocycles. The van der Waals surface area contributed by atoms with Gasteiger partial charge in [0.15, 0.2) is 0 Å². The Morgan fingerprint density at radius 3 is 2.78 bits per heavy atom. The van der Waals surface area contributed by atoms with Gasteiger partial charge in [0.1, 0.15) is 5.01 Å². The highest BCUT2D eigenvalue weighted by molar-refractivity contribution is 7.09. The summed E-state index contributed by atoms with van der Waals surface area (Å²) in [6.45, 7) is 3.39. The standard InChI is InChI=1S/C17H18N4OS/c1-3-21-10-14(9-18-21)15-12-23-16(19-15)11-20(2)17(22)13-7-5-4-6-8-13/h4-10,12H,3,11H2,1-2H3. The second kappa shape index (κ2) is 6.75. The second-order valence-electron chi connectivity index (χ2n) is 5.24. The van der Waals surface area contributed by atoms with Crippen molar-refractivity contribution in [1.29, 1.82) is 0 Å². The normalized spacial score (nSPS) is 10.7. The van der Waals surface area contributed by atoms with Gasteiger partial charge in [-0.05, 0) is 19.1 Å². The number of thiazole rings is 1. The summed E-state index contributed by atoms with van der Waals surface area (Å²) in [4.78, 5) is 18.7. The van der Waals surface area contributed by atoms with E-state index in [9.17, 15) is 4.79 Å². The van der Waals surface area contributed by atoms with Crippen LogP contribution in [0.5, 0.6) is 0 Å². The average molecular weight is 326 g/mol. The van der Waals surface area contributed by atoms with Gasteiger partial charge in [-0.15, -0.1) is 11.3 Å². The molecule has 0 bridgehead atoms. The van der Waals surface area contributed by atoms with E-state index in [4.69, 9.17) is 0 Å². The number of amides is 1. The lowest BCUT2D eigenvalue weighted by atomic mass is 10.2. The van der Waals surface area contributed by atoms with Crippen molar-refractivity contribution in [2.75, 3.05) is 7.05 Å². The van der Waals surface area contributed by atoms with Gasteiger partial charge in [0.05, 0.1) is 18.4 Å². The highest BCUT2D eigenvalue weighted by atomic mass is 32.1. The number of hydrogen-bond acceptors (Lipinski definition) is 4. The van der Waals surface area contributed by atoms with Crippen LogP contribution in [0.25, 0.3) is 11.3 Å². The van der Waals surface area contributed by atoms with Crippen LogP contribution in [0.15, 0.2) is 48.1 Å². The van der Waals surface area contributed by atoms with Crippen molar-refractivity contribution >= 4 is 17.2 Å². The summed E-state index contributed by atoms with van der Waals surface area (Å²) in [5, 5.41) is 7.19. The minimum atomic E-state index is 0.00107. The van der Waals surface area contributed by atoms with Gasteiger partial charge in [0, 0.05) is 36.3 Å². The van der Waals surface area contributed by atoms with Gasteiger partial charge in [-0.25, -0.2) is 4.98 Å². The van der Waals surface area contributed by atoms with Crippen molar-refractivity contribution in [3.05, 3.63) is 58.7 Å². The van der Waals surface area contributed by atoms with Crippen molar-refractivity contribution < 1.29 is 4.79 Å². The molecule has 0 atom stereocenters. The van der Waals surface area contributed by atoms with E-state index in [2.05, 4.69) is 10.1 Å². The van der Waals surface area contributed by atoms with E-state index in [0.29, 0.717) is 12.1 Å². The summed E-state index contributed by atoms with van der Waals surface area (Å²) in [6.07, 6.45) is 3.80. The molecule has 1 aromatic carbocycles. The van der Waals surface area contributed by atoms with Gasteiger partial charge in [0.2, 0.25) is 0 Å². The molecule has 23 heavy (non-hydrogen) atoms. The Bertz CT molecular complexity index is 794. The Hall–Kier alpha value is -2.47. The van der Waals surface area contributed by atoms with Crippen molar-refractivity contribution in [2.24, 2.45) is 0 Å². The molecule has 3 aromatic rings. The van der Waals surface area contributed by atoms with Crippen LogP contribution >= 0.6 is 11.3 Å². The summed E-state index contributed by atoms with van der Waals surface area (Å²) >= 11 is 1.56. The number of aryl methyl sites for hydroxylation is 1. The molecular weight excluding hydrogens is 308 g/mol. The summed E-state index contributed by atoms with van der Waals surface area (Å²) in [5.74, 6) is 0.00107. The van der Waals surface area contributed by atoms with Crippen LogP contribution in [0, 0.1) is 0 Å². The first kappa shape index (κ1) is 15.4. The van der Waals surface area contributed by atoms with Gasteiger partial charge < -0.3 is 4.90 Å². The van der Waals surface area contributed by atoms with E-state index in [1.54, 1.807) is 23.3 Å². The van der Waals surface area contributed by atoms with Crippen LogP contribution < -0.4 is 0 Å². The Morgan fingerprint density at radius 2 is 2.09 bits per heavy atom. The lowest BCUT2D eigenvalue weighted by molar-refractivity contribution is 0.0785. The predicted molar refractivity (Wildman–Crippen MR) is 91.2 cm³/mol. The zero-order valence-corrected chi connectivity index (χ0v) is 14.0. The van der Waals surface area contributed by atoms with Crippen molar-refractivity contribution in [3.8, 4) is 11.3 Å². The van der Waals surface area contributed by atoms with Gasteiger partial charge in [-0.3, -0.25) is 9.48 Å². The van der Waals surface area contributed by atoms with Gasteiger partial charge in [-0.2, -0.15) is 5.10 Å². The maximum atomic E-state index is 12.4. The summed E-state index contributed by atoms with van der Waals surface area (Å²) in [7, 11) is 1.80. The molecule has 0 aliphatic rings. The third-order valence-corrected chi connectivity index (χ3v) is 4.38. The molecule has 0 unspecified atom stereocenters. The van der Waals surface area contributed by atoms with Gasteiger partial charge >= 0.3 is 0 Å².